The van der Waals surface area contributed by atoms with Crippen LogP contribution in [0.2, 0.25) is 0 Å². The number of amides is 4. The van der Waals surface area contributed by atoms with Gasteiger partial charge in [-0.25, -0.2) is 4.79 Å². The van der Waals surface area contributed by atoms with E-state index in [1.807, 2.05) is 0 Å². The van der Waals surface area contributed by atoms with E-state index in [4.69, 9.17) is 9.47 Å². The fourth-order valence-electron chi connectivity index (χ4n) is 4.84. The van der Waals surface area contributed by atoms with Crippen molar-refractivity contribution in [3.63, 3.8) is 0 Å². The third kappa shape index (κ3) is 4.98. The van der Waals surface area contributed by atoms with Crippen molar-refractivity contribution in [3.05, 3.63) is 23.8 Å². The zero-order chi connectivity index (χ0) is 22.7. The molecule has 4 rings (SSSR count). The average molecular weight is 445 g/mol. The van der Waals surface area contributed by atoms with Gasteiger partial charge in [0.15, 0.2) is 0 Å². The number of urea groups is 1. The minimum Gasteiger partial charge on any atom is -0.490 e. The lowest BCUT2D eigenvalue weighted by molar-refractivity contribution is -0.133. The topological polar surface area (TPSA) is 109 Å². The highest BCUT2D eigenvalue weighted by atomic mass is 16.5. The number of fused-ring (bicyclic) bond motifs is 2. The molecular weight excluding hydrogens is 412 g/mol. The fourth-order valence-corrected chi connectivity index (χ4v) is 4.84. The van der Waals surface area contributed by atoms with Crippen LogP contribution in [-0.4, -0.2) is 67.7 Å². The zero-order valence-electron chi connectivity index (χ0n) is 18.7. The van der Waals surface area contributed by atoms with Crippen molar-refractivity contribution in [1.82, 2.24) is 15.5 Å². The Hall–Kier alpha value is -2.81. The van der Waals surface area contributed by atoms with E-state index < -0.39 is 0 Å². The van der Waals surface area contributed by atoms with Gasteiger partial charge in [-0.15, -0.1) is 0 Å². The van der Waals surface area contributed by atoms with E-state index in [0.717, 1.165) is 32.1 Å². The van der Waals surface area contributed by atoms with Gasteiger partial charge in [0.1, 0.15) is 18.5 Å². The minimum atomic E-state index is -0.310. The molecule has 3 atom stereocenters. The second-order valence-corrected chi connectivity index (χ2v) is 8.84. The van der Waals surface area contributed by atoms with Crippen LogP contribution in [0.4, 0.5) is 10.5 Å². The van der Waals surface area contributed by atoms with Crippen LogP contribution < -0.4 is 20.7 Å². The van der Waals surface area contributed by atoms with E-state index in [-0.39, 0.29) is 48.7 Å². The van der Waals surface area contributed by atoms with Crippen LogP contribution in [0.25, 0.3) is 0 Å². The highest BCUT2D eigenvalue weighted by Crippen LogP contribution is 2.32. The van der Waals surface area contributed by atoms with Gasteiger partial charge in [0, 0.05) is 25.8 Å². The third-order valence-electron chi connectivity index (χ3n) is 6.65. The molecule has 9 nitrogen and oxygen atoms in total. The Balaban J connectivity index is 1.45. The minimum absolute atomic E-state index is 0.0630. The molecule has 3 aliphatic rings. The molecule has 1 saturated heterocycles. The standard InChI is InChI=1S/C23H32N4O5/c1-24-21(28)12-16-8-9-18-20(32-16)13-31-19-10-7-15(11-17(19)22(29)27(18)2)26-23(30)25-14-5-3-4-6-14/h7,10-11,14,16,18,20H,3-6,8-9,12-13H2,1-2H3,(H,24,28)(H2,25,26,30)/t16-,18-,20-/m1/s1. The van der Waals surface area contributed by atoms with Crippen LogP contribution >= 0.6 is 0 Å². The first kappa shape index (κ1) is 22.4. The van der Waals surface area contributed by atoms with Gasteiger partial charge in [-0.2, -0.15) is 0 Å². The van der Waals surface area contributed by atoms with Crippen molar-refractivity contribution >= 4 is 23.5 Å². The molecule has 3 N–H and O–H groups in total. The molecule has 2 heterocycles. The molecule has 32 heavy (non-hydrogen) atoms. The van der Waals surface area contributed by atoms with Gasteiger partial charge in [0.05, 0.1) is 24.1 Å². The predicted octanol–water partition coefficient (Wildman–Crippen LogP) is 2.27. The summed E-state index contributed by atoms with van der Waals surface area (Å²) in [5.41, 5.74) is 0.962. The summed E-state index contributed by atoms with van der Waals surface area (Å²) in [6.07, 6.45) is 5.51. The lowest BCUT2D eigenvalue weighted by Crippen LogP contribution is -2.53. The summed E-state index contributed by atoms with van der Waals surface area (Å²) in [6.45, 7) is 0.286. The van der Waals surface area contributed by atoms with Gasteiger partial charge in [-0.3, -0.25) is 9.59 Å². The summed E-state index contributed by atoms with van der Waals surface area (Å²) in [7, 11) is 3.38. The maximum atomic E-state index is 13.3. The molecule has 2 fully saturated rings. The molecule has 9 heteroatoms. The van der Waals surface area contributed by atoms with E-state index in [0.29, 0.717) is 29.8 Å². The van der Waals surface area contributed by atoms with Crippen LogP contribution in [0, 0.1) is 0 Å². The van der Waals surface area contributed by atoms with Gasteiger partial charge >= 0.3 is 6.03 Å². The first-order valence-corrected chi connectivity index (χ1v) is 11.4. The van der Waals surface area contributed by atoms with Crippen LogP contribution in [-0.2, 0) is 9.53 Å². The van der Waals surface area contributed by atoms with Crippen LogP contribution in [0.15, 0.2) is 18.2 Å². The molecule has 0 radical (unpaired) electrons. The zero-order valence-corrected chi connectivity index (χ0v) is 18.7. The first-order chi connectivity index (χ1) is 15.4. The molecule has 1 aliphatic carbocycles. The number of benzene rings is 1. The molecule has 2 aliphatic heterocycles. The molecule has 1 aromatic carbocycles. The Morgan fingerprint density at radius 2 is 1.94 bits per heavy atom. The summed E-state index contributed by atoms with van der Waals surface area (Å²) in [6, 6.07) is 4.92. The van der Waals surface area contributed by atoms with Crippen molar-refractivity contribution in [1.29, 1.82) is 0 Å². The van der Waals surface area contributed by atoms with Crippen LogP contribution in [0.5, 0.6) is 5.75 Å². The molecule has 0 spiro atoms. The molecule has 1 saturated carbocycles. The maximum absolute atomic E-state index is 13.3. The summed E-state index contributed by atoms with van der Waals surface area (Å²) < 4.78 is 12.1. The van der Waals surface area contributed by atoms with Gasteiger partial charge in [0.2, 0.25) is 5.91 Å². The maximum Gasteiger partial charge on any atom is 0.319 e. The van der Waals surface area contributed by atoms with E-state index in [9.17, 15) is 14.4 Å². The second-order valence-electron chi connectivity index (χ2n) is 8.84. The van der Waals surface area contributed by atoms with Crippen molar-refractivity contribution in [2.75, 3.05) is 26.0 Å². The van der Waals surface area contributed by atoms with Crippen LogP contribution in [0.1, 0.15) is 55.3 Å². The number of ether oxygens (including phenoxy) is 2. The summed E-state index contributed by atoms with van der Waals surface area (Å²) in [4.78, 5) is 39.0. The van der Waals surface area contributed by atoms with Crippen molar-refractivity contribution in [2.45, 2.75) is 69.2 Å². The van der Waals surface area contributed by atoms with Gasteiger partial charge in [-0.1, -0.05) is 12.8 Å². The fraction of sp³-hybridized carbons (Fsp3) is 0.609. The van der Waals surface area contributed by atoms with Gasteiger partial charge in [0.25, 0.3) is 5.91 Å². The Labute approximate surface area is 188 Å². The average Bonchev–Trinajstić information content (AvgIpc) is 3.29. The number of anilines is 1. The molecule has 0 unspecified atom stereocenters. The van der Waals surface area contributed by atoms with E-state index in [1.165, 1.54) is 0 Å². The SMILES string of the molecule is CNC(=O)C[C@H]1CC[C@@H]2[C@@H](COc3ccc(NC(=O)NC4CCCC4)cc3C(=O)N2C)O1. The van der Waals surface area contributed by atoms with E-state index >= 15 is 0 Å². The molecule has 1 aromatic rings. The predicted molar refractivity (Wildman–Crippen MR) is 119 cm³/mol. The highest BCUT2D eigenvalue weighted by molar-refractivity contribution is 5.99. The quantitative estimate of drug-likeness (QED) is 0.660. The monoisotopic (exact) mass is 444 g/mol. The summed E-state index contributed by atoms with van der Waals surface area (Å²) >= 11 is 0. The number of hydrogen-bond acceptors (Lipinski definition) is 5. The molecule has 0 bridgehead atoms. The van der Waals surface area contributed by atoms with Gasteiger partial charge in [-0.05, 0) is 43.9 Å². The Morgan fingerprint density at radius 3 is 2.69 bits per heavy atom. The number of hydrogen-bond donors (Lipinski definition) is 3. The normalized spacial score (nSPS) is 25.6. The van der Waals surface area contributed by atoms with Crippen molar-refractivity contribution in [2.24, 2.45) is 0 Å². The second kappa shape index (κ2) is 9.77. The van der Waals surface area contributed by atoms with Crippen molar-refractivity contribution in [3.8, 4) is 5.75 Å². The number of rotatable bonds is 4. The Kier molecular flexibility index (Phi) is 6.83. The largest absolute Gasteiger partial charge is 0.490 e. The van der Waals surface area contributed by atoms with E-state index in [1.54, 1.807) is 37.2 Å². The molecule has 0 aromatic heterocycles. The molecular formula is C23H32N4O5. The number of nitrogens with zero attached hydrogens (tertiary/aromatic N) is 1. The Bertz CT molecular complexity index is 870. The lowest BCUT2D eigenvalue weighted by Gasteiger charge is -2.42. The number of likely N-dealkylation sites (N-methyl/N-ethyl adjacent to an activating group) is 1. The van der Waals surface area contributed by atoms with Crippen molar-refractivity contribution < 1.29 is 23.9 Å². The molecule has 4 amide bonds. The number of nitrogens with one attached hydrogen (secondary N) is 3. The van der Waals surface area contributed by atoms with E-state index in [2.05, 4.69) is 16.0 Å². The lowest BCUT2D eigenvalue weighted by atomic mass is 9.94. The summed E-state index contributed by atoms with van der Waals surface area (Å²) in [5.74, 6) is 0.217. The van der Waals surface area contributed by atoms with Crippen LogP contribution in [0.3, 0.4) is 0 Å². The number of carbonyl (C=O) groups excluding carboxylic acids is 3. The molecule has 174 valence electrons. The van der Waals surface area contributed by atoms with Gasteiger partial charge < -0.3 is 30.3 Å². The smallest absolute Gasteiger partial charge is 0.319 e. The highest BCUT2D eigenvalue weighted by Gasteiger charge is 2.39. The first-order valence-electron chi connectivity index (χ1n) is 11.4. The summed E-state index contributed by atoms with van der Waals surface area (Å²) in [5, 5.41) is 8.45. The third-order valence-corrected chi connectivity index (χ3v) is 6.65. The Morgan fingerprint density at radius 1 is 1.16 bits per heavy atom. The number of carbonyl (C=O) groups is 3.